The van der Waals surface area contributed by atoms with E-state index in [1.165, 1.54) is 11.3 Å². The molecule has 0 spiro atoms. The van der Waals surface area contributed by atoms with Crippen LogP contribution in [0.1, 0.15) is 26.3 Å². The van der Waals surface area contributed by atoms with E-state index >= 15 is 0 Å². The highest BCUT2D eigenvalue weighted by atomic mass is 32.1. The molecule has 5 heteroatoms. The van der Waals surface area contributed by atoms with E-state index < -0.39 is 0 Å². The SMILES string of the molecule is O=C(Nc1nc(-c2ccccc2)cs1)c1ccc2c(c1)C(=O)c1ccccc1-2. The molecule has 3 aromatic carbocycles. The van der Waals surface area contributed by atoms with Crippen LogP contribution in [0, 0.1) is 0 Å². The number of benzene rings is 3. The molecule has 0 saturated heterocycles. The summed E-state index contributed by atoms with van der Waals surface area (Å²) in [6.07, 6.45) is 0. The minimum Gasteiger partial charge on any atom is -0.298 e. The summed E-state index contributed by atoms with van der Waals surface area (Å²) in [6.45, 7) is 0. The Bertz CT molecular complexity index is 1230. The number of hydrogen-bond acceptors (Lipinski definition) is 4. The van der Waals surface area contributed by atoms with Crippen LogP contribution in [-0.2, 0) is 0 Å². The quantitative estimate of drug-likeness (QED) is 0.462. The summed E-state index contributed by atoms with van der Waals surface area (Å²) in [7, 11) is 0. The van der Waals surface area contributed by atoms with E-state index in [1.807, 2.05) is 66.0 Å². The Balaban J connectivity index is 1.40. The highest BCUT2D eigenvalue weighted by Gasteiger charge is 2.27. The Kier molecular flexibility index (Phi) is 3.88. The zero-order valence-electron chi connectivity index (χ0n) is 14.7. The van der Waals surface area contributed by atoms with Gasteiger partial charge in [-0.3, -0.25) is 14.9 Å². The maximum absolute atomic E-state index is 12.7. The summed E-state index contributed by atoms with van der Waals surface area (Å²) >= 11 is 1.37. The standard InChI is InChI=1S/C23H14N2O2S/c26-21-18-9-5-4-8-16(18)17-11-10-15(12-19(17)21)22(27)25-23-24-20(13-28-23)14-6-2-1-3-7-14/h1-13H,(H,24,25,27). The maximum atomic E-state index is 12.7. The van der Waals surface area contributed by atoms with Crippen molar-refractivity contribution in [2.24, 2.45) is 0 Å². The molecule has 0 aliphatic heterocycles. The fourth-order valence-electron chi connectivity index (χ4n) is 3.41. The number of nitrogens with zero attached hydrogens (tertiary/aromatic N) is 1. The van der Waals surface area contributed by atoms with Crippen LogP contribution in [0.5, 0.6) is 0 Å². The largest absolute Gasteiger partial charge is 0.298 e. The molecule has 4 aromatic rings. The van der Waals surface area contributed by atoms with Crippen molar-refractivity contribution in [3.8, 4) is 22.4 Å². The minimum absolute atomic E-state index is 0.0409. The monoisotopic (exact) mass is 382 g/mol. The van der Waals surface area contributed by atoms with Gasteiger partial charge in [0.15, 0.2) is 10.9 Å². The van der Waals surface area contributed by atoms with Crippen molar-refractivity contribution in [1.82, 2.24) is 4.98 Å². The van der Waals surface area contributed by atoms with Gasteiger partial charge in [0.25, 0.3) is 5.91 Å². The molecular formula is C23H14N2O2S. The van der Waals surface area contributed by atoms with Crippen molar-refractivity contribution in [3.63, 3.8) is 0 Å². The summed E-state index contributed by atoms with van der Waals surface area (Å²) < 4.78 is 0. The number of carbonyl (C=O) groups excluding carboxylic acids is 2. The maximum Gasteiger partial charge on any atom is 0.257 e. The van der Waals surface area contributed by atoms with Crippen molar-refractivity contribution in [2.45, 2.75) is 0 Å². The Hall–Kier alpha value is -3.57. The molecule has 1 heterocycles. The third-order valence-corrected chi connectivity index (χ3v) is 5.54. The fraction of sp³-hybridized carbons (Fsp3) is 0. The molecule has 0 unspecified atom stereocenters. The lowest BCUT2D eigenvalue weighted by molar-refractivity contribution is 0.102. The topological polar surface area (TPSA) is 59.1 Å². The molecule has 1 aromatic heterocycles. The molecule has 28 heavy (non-hydrogen) atoms. The zero-order chi connectivity index (χ0) is 19.1. The van der Waals surface area contributed by atoms with E-state index in [2.05, 4.69) is 10.3 Å². The lowest BCUT2D eigenvalue weighted by Crippen LogP contribution is -2.12. The zero-order valence-corrected chi connectivity index (χ0v) is 15.5. The van der Waals surface area contributed by atoms with E-state index in [1.54, 1.807) is 12.1 Å². The van der Waals surface area contributed by atoms with Gasteiger partial charge in [-0.05, 0) is 23.3 Å². The van der Waals surface area contributed by atoms with Crippen molar-refractivity contribution < 1.29 is 9.59 Å². The number of rotatable bonds is 3. The number of fused-ring (bicyclic) bond motifs is 3. The van der Waals surface area contributed by atoms with Crippen molar-refractivity contribution >= 4 is 28.2 Å². The molecule has 5 rings (SSSR count). The third kappa shape index (κ3) is 2.73. The first-order valence-corrected chi connectivity index (χ1v) is 9.69. The van der Waals surface area contributed by atoms with Gasteiger partial charge in [-0.2, -0.15) is 0 Å². The minimum atomic E-state index is -0.277. The average Bonchev–Trinajstić information content (AvgIpc) is 3.32. The van der Waals surface area contributed by atoms with E-state index in [9.17, 15) is 9.59 Å². The van der Waals surface area contributed by atoms with E-state index in [0.717, 1.165) is 22.4 Å². The van der Waals surface area contributed by atoms with Gasteiger partial charge in [0.2, 0.25) is 0 Å². The van der Waals surface area contributed by atoms with Crippen LogP contribution < -0.4 is 5.32 Å². The summed E-state index contributed by atoms with van der Waals surface area (Å²) in [5.74, 6) is -0.318. The predicted octanol–water partition coefficient (Wildman–Crippen LogP) is 5.27. The molecule has 1 N–H and O–H groups in total. The van der Waals surface area contributed by atoms with Gasteiger partial charge in [-0.25, -0.2) is 4.98 Å². The second-order valence-corrected chi connectivity index (χ2v) is 7.35. The number of anilines is 1. The Morgan fingerprint density at radius 2 is 1.54 bits per heavy atom. The number of aromatic nitrogens is 1. The predicted molar refractivity (Wildman–Crippen MR) is 111 cm³/mol. The summed E-state index contributed by atoms with van der Waals surface area (Å²) in [6, 6.07) is 22.6. The van der Waals surface area contributed by atoms with E-state index in [0.29, 0.717) is 21.8 Å². The molecule has 134 valence electrons. The third-order valence-electron chi connectivity index (χ3n) is 4.78. The highest BCUT2D eigenvalue weighted by Crippen LogP contribution is 2.36. The van der Waals surface area contributed by atoms with Gasteiger partial charge in [-0.1, -0.05) is 60.7 Å². The molecule has 0 fully saturated rings. The van der Waals surface area contributed by atoms with Crippen molar-refractivity contribution in [1.29, 1.82) is 0 Å². The molecule has 1 aliphatic carbocycles. The van der Waals surface area contributed by atoms with Gasteiger partial charge < -0.3 is 0 Å². The van der Waals surface area contributed by atoms with Gasteiger partial charge in [0, 0.05) is 27.6 Å². The number of ketones is 1. The molecule has 0 radical (unpaired) electrons. The van der Waals surface area contributed by atoms with Crippen LogP contribution in [0.15, 0.2) is 78.2 Å². The number of carbonyl (C=O) groups is 2. The number of nitrogens with one attached hydrogen (secondary N) is 1. The molecule has 0 saturated carbocycles. The Labute approximate surface area is 165 Å². The first kappa shape index (κ1) is 16.6. The molecule has 1 aliphatic rings. The summed E-state index contributed by atoms with van der Waals surface area (Å²) in [5, 5.41) is 5.27. The number of amides is 1. The lowest BCUT2D eigenvalue weighted by Gasteiger charge is -2.05. The molecular weight excluding hydrogens is 368 g/mol. The van der Waals surface area contributed by atoms with Gasteiger partial charge in [0.05, 0.1) is 5.69 Å². The van der Waals surface area contributed by atoms with Crippen LogP contribution in [0.25, 0.3) is 22.4 Å². The van der Waals surface area contributed by atoms with Crippen LogP contribution in [0.3, 0.4) is 0 Å². The smallest absolute Gasteiger partial charge is 0.257 e. The summed E-state index contributed by atoms with van der Waals surface area (Å²) in [5.41, 5.74) is 5.30. The average molecular weight is 382 g/mol. The number of hydrogen-bond donors (Lipinski definition) is 1. The Morgan fingerprint density at radius 3 is 2.36 bits per heavy atom. The second kappa shape index (κ2) is 6.55. The van der Waals surface area contributed by atoms with Gasteiger partial charge in [0.1, 0.15) is 0 Å². The van der Waals surface area contributed by atoms with Crippen LogP contribution in [-0.4, -0.2) is 16.7 Å². The first-order chi connectivity index (χ1) is 13.7. The van der Waals surface area contributed by atoms with Gasteiger partial charge >= 0.3 is 0 Å². The highest BCUT2D eigenvalue weighted by molar-refractivity contribution is 7.14. The normalized spacial score (nSPS) is 11.8. The van der Waals surface area contributed by atoms with E-state index in [-0.39, 0.29) is 11.7 Å². The molecule has 0 bridgehead atoms. The van der Waals surface area contributed by atoms with Crippen molar-refractivity contribution in [2.75, 3.05) is 5.32 Å². The fourth-order valence-corrected chi connectivity index (χ4v) is 4.13. The van der Waals surface area contributed by atoms with E-state index in [4.69, 9.17) is 0 Å². The molecule has 0 atom stereocenters. The molecule has 1 amide bonds. The molecule has 4 nitrogen and oxygen atoms in total. The van der Waals surface area contributed by atoms with Crippen molar-refractivity contribution in [3.05, 3.63) is 94.9 Å². The second-order valence-electron chi connectivity index (χ2n) is 6.49. The van der Waals surface area contributed by atoms with Crippen LogP contribution in [0.4, 0.5) is 5.13 Å². The Morgan fingerprint density at radius 1 is 0.821 bits per heavy atom. The van der Waals surface area contributed by atoms with Crippen LogP contribution >= 0.6 is 11.3 Å². The first-order valence-electron chi connectivity index (χ1n) is 8.81. The lowest BCUT2D eigenvalue weighted by atomic mass is 10.0. The number of thiazole rings is 1. The van der Waals surface area contributed by atoms with Gasteiger partial charge in [-0.15, -0.1) is 11.3 Å². The summed E-state index contributed by atoms with van der Waals surface area (Å²) in [4.78, 5) is 29.8. The van der Waals surface area contributed by atoms with Crippen LogP contribution in [0.2, 0.25) is 0 Å².